The summed E-state index contributed by atoms with van der Waals surface area (Å²) in [7, 11) is 0. The quantitative estimate of drug-likeness (QED) is 0.870. The van der Waals surface area contributed by atoms with Crippen LogP contribution in [0.3, 0.4) is 0 Å². The molecule has 0 amide bonds. The second-order valence-corrected chi connectivity index (χ2v) is 4.77. The SMILES string of the molecule is CCCn1c(=O)oc2cc(C(CC)NCC)ccc21. The Kier molecular flexibility index (Phi) is 4.43. The number of oxazole rings is 1. The van der Waals surface area contributed by atoms with Crippen molar-refractivity contribution in [2.24, 2.45) is 0 Å². The number of nitrogens with zero attached hydrogens (tertiary/aromatic N) is 1. The fourth-order valence-electron chi connectivity index (χ4n) is 2.48. The molecule has 2 aromatic rings. The summed E-state index contributed by atoms with van der Waals surface area (Å²) in [5.74, 6) is -0.259. The van der Waals surface area contributed by atoms with Crippen molar-refractivity contribution in [1.82, 2.24) is 9.88 Å². The summed E-state index contributed by atoms with van der Waals surface area (Å²) in [6.45, 7) is 7.93. The van der Waals surface area contributed by atoms with Crippen molar-refractivity contribution in [2.45, 2.75) is 46.2 Å². The van der Waals surface area contributed by atoms with Crippen molar-refractivity contribution in [2.75, 3.05) is 6.54 Å². The van der Waals surface area contributed by atoms with E-state index in [1.54, 1.807) is 4.57 Å². The molecule has 1 N–H and O–H groups in total. The Bertz CT molecular complexity index is 598. The van der Waals surface area contributed by atoms with Gasteiger partial charge in [0, 0.05) is 12.6 Å². The molecule has 2 rings (SSSR count). The van der Waals surface area contributed by atoms with Gasteiger partial charge in [-0.3, -0.25) is 4.57 Å². The largest absolute Gasteiger partial charge is 0.419 e. The Morgan fingerprint density at radius 3 is 2.74 bits per heavy atom. The fourth-order valence-corrected chi connectivity index (χ4v) is 2.48. The third kappa shape index (κ3) is 2.73. The molecule has 19 heavy (non-hydrogen) atoms. The number of aromatic nitrogens is 1. The zero-order chi connectivity index (χ0) is 13.8. The highest BCUT2D eigenvalue weighted by molar-refractivity contribution is 5.73. The lowest BCUT2D eigenvalue weighted by Crippen LogP contribution is -2.19. The summed E-state index contributed by atoms with van der Waals surface area (Å²) in [4.78, 5) is 11.8. The smallest absolute Gasteiger partial charge is 0.408 e. The Morgan fingerprint density at radius 2 is 2.11 bits per heavy atom. The van der Waals surface area contributed by atoms with Crippen LogP contribution in [0.1, 0.15) is 45.2 Å². The molecule has 0 aliphatic rings. The van der Waals surface area contributed by atoms with Crippen molar-refractivity contribution in [3.8, 4) is 0 Å². The third-order valence-electron chi connectivity index (χ3n) is 3.40. The van der Waals surface area contributed by atoms with E-state index < -0.39 is 0 Å². The Labute approximate surface area is 113 Å². The molecule has 1 heterocycles. The van der Waals surface area contributed by atoms with E-state index in [1.807, 2.05) is 12.1 Å². The van der Waals surface area contributed by atoms with Gasteiger partial charge in [0.25, 0.3) is 0 Å². The van der Waals surface area contributed by atoms with Crippen LogP contribution in [-0.2, 0) is 6.54 Å². The number of aryl methyl sites for hydroxylation is 1. The van der Waals surface area contributed by atoms with E-state index in [0.717, 1.165) is 24.9 Å². The van der Waals surface area contributed by atoms with Crippen molar-refractivity contribution < 1.29 is 4.42 Å². The Balaban J connectivity index is 2.44. The lowest BCUT2D eigenvalue weighted by Gasteiger charge is -2.15. The molecule has 0 bridgehead atoms. The van der Waals surface area contributed by atoms with Gasteiger partial charge in [-0.1, -0.05) is 26.8 Å². The van der Waals surface area contributed by atoms with E-state index >= 15 is 0 Å². The van der Waals surface area contributed by atoms with E-state index in [-0.39, 0.29) is 5.76 Å². The molecular weight excluding hydrogens is 240 g/mol. The molecule has 1 unspecified atom stereocenters. The number of fused-ring (bicyclic) bond motifs is 1. The minimum Gasteiger partial charge on any atom is -0.408 e. The molecule has 0 fully saturated rings. The Hall–Kier alpha value is -1.55. The molecular formula is C15H22N2O2. The van der Waals surface area contributed by atoms with Crippen LogP contribution in [0.25, 0.3) is 11.1 Å². The van der Waals surface area contributed by atoms with Crippen LogP contribution in [0.15, 0.2) is 27.4 Å². The second-order valence-electron chi connectivity index (χ2n) is 4.77. The predicted octanol–water partition coefficient (Wildman–Crippen LogP) is 3.07. The van der Waals surface area contributed by atoms with E-state index in [0.29, 0.717) is 18.2 Å². The number of hydrogen-bond acceptors (Lipinski definition) is 3. The first-order chi connectivity index (χ1) is 9.21. The summed E-state index contributed by atoms with van der Waals surface area (Å²) in [6.07, 6.45) is 1.94. The summed E-state index contributed by atoms with van der Waals surface area (Å²) in [5.41, 5.74) is 2.75. The van der Waals surface area contributed by atoms with Gasteiger partial charge in [0.15, 0.2) is 5.58 Å². The molecule has 1 aromatic carbocycles. The van der Waals surface area contributed by atoms with Crippen LogP contribution in [0.5, 0.6) is 0 Å². The van der Waals surface area contributed by atoms with Crippen LogP contribution in [-0.4, -0.2) is 11.1 Å². The van der Waals surface area contributed by atoms with Gasteiger partial charge in [0.1, 0.15) is 0 Å². The molecule has 0 saturated carbocycles. The lowest BCUT2D eigenvalue weighted by atomic mass is 10.0. The topological polar surface area (TPSA) is 47.2 Å². The van der Waals surface area contributed by atoms with Crippen LogP contribution < -0.4 is 11.1 Å². The Morgan fingerprint density at radius 1 is 1.32 bits per heavy atom. The molecule has 0 aliphatic heterocycles. The molecule has 4 heteroatoms. The van der Waals surface area contributed by atoms with Gasteiger partial charge in [0.05, 0.1) is 5.52 Å². The molecule has 0 saturated heterocycles. The van der Waals surface area contributed by atoms with Crippen LogP contribution in [0, 0.1) is 0 Å². The van der Waals surface area contributed by atoms with Gasteiger partial charge < -0.3 is 9.73 Å². The maximum atomic E-state index is 11.8. The van der Waals surface area contributed by atoms with Gasteiger partial charge in [-0.05, 0) is 37.1 Å². The lowest BCUT2D eigenvalue weighted by molar-refractivity contribution is 0.501. The summed E-state index contributed by atoms with van der Waals surface area (Å²) in [5, 5.41) is 3.43. The van der Waals surface area contributed by atoms with E-state index in [2.05, 4.69) is 32.2 Å². The highest BCUT2D eigenvalue weighted by atomic mass is 16.4. The van der Waals surface area contributed by atoms with Crippen molar-refractivity contribution in [1.29, 1.82) is 0 Å². The monoisotopic (exact) mass is 262 g/mol. The fraction of sp³-hybridized carbons (Fsp3) is 0.533. The first-order valence-corrected chi connectivity index (χ1v) is 7.07. The van der Waals surface area contributed by atoms with Gasteiger partial charge in [-0.25, -0.2) is 4.79 Å². The van der Waals surface area contributed by atoms with E-state index in [4.69, 9.17) is 4.42 Å². The molecule has 0 spiro atoms. The van der Waals surface area contributed by atoms with Crippen molar-refractivity contribution >= 4 is 11.1 Å². The highest BCUT2D eigenvalue weighted by Crippen LogP contribution is 2.22. The summed E-state index contributed by atoms with van der Waals surface area (Å²) >= 11 is 0. The zero-order valence-electron chi connectivity index (χ0n) is 11.9. The molecule has 4 nitrogen and oxygen atoms in total. The van der Waals surface area contributed by atoms with Crippen molar-refractivity contribution in [3.05, 3.63) is 34.3 Å². The second kappa shape index (κ2) is 6.06. The van der Waals surface area contributed by atoms with Crippen LogP contribution in [0.2, 0.25) is 0 Å². The molecule has 0 aliphatic carbocycles. The minimum absolute atomic E-state index is 0.259. The first-order valence-electron chi connectivity index (χ1n) is 7.07. The number of hydrogen-bond donors (Lipinski definition) is 1. The molecule has 1 aromatic heterocycles. The van der Waals surface area contributed by atoms with Crippen LogP contribution in [0.4, 0.5) is 0 Å². The van der Waals surface area contributed by atoms with Gasteiger partial charge >= 0.3 is 5.76 Å². The van der Waals surface area contributed by atoms with E-state index in [1.165, 1.54) is 5.56 Å². The number of nitrogens with one attached hydrogen (secondary N) is 1. The summed E-state index contributed by atoms with van der Waals surface area (Å²) in [6, 6.07) is 6.37. The predicted molar refractivity (Wildman–Crippen MR) is 77.5 cm³/mol. The molecule has 0 radical (unpaired) electrons. The number of benzene rings is 1. The van der Waals surface area contributed by atoms with Gasteiger partial charge in [0.2, 0.25) is 0 Å². The van der Waals surface area contributed by atoms with Crippen molar-refractivity contribution in [3.63, 3.8) is 0 Å². The van der Waals surface area contributed by atoms with Gasteiger partial charge in [-0.15, -0.1) is 0 Å². The standard InChI is InChI=1S/C15H22N2O2/c1-4-9-17-13-8-7-11(12(5-2)16-6-3)10-14(13)19-15(17)18/h7-8,10,12,16H,4-6,9H2,1-3H3. The molecule has 104 valence electrons. The number of rotatable bonds is 6. The zero-order valence-corrected chi connectivity index (χ0v) is 11.9. The van der Waals surface area contributed by atoms with Gasteiger partial charge in [-0.2, -0.15) is 0 Å². The first kappa shape index (κ1) is 13.9. The highest BCUT2D eigenvalue weighted by Gasteiger charge is 2.13. The minimum atomic E-state index is -0.259. The maximum absolute atomic E-state index is 11.8. The van der Waals surface area contributed by atoms with Crippen LogP contribution >= 0.6 is 0 Å². The molecule has 1 atom stereocenters. The average molecular weight is 262 g/mol. The average Bonchev–Trinajstić information content (AvgIpc) is 2.72. The summed E-state index contributed by atoms with van der Waals surface area (Å²) < 4.78 is 7.05. The normalized spacial score (nSPS) is 13.0. The maximum Gasteiger partial charge on any atom is 0.419 e. The third-order valence-corrected chi connectivity index (χ3v) is 3.40. The van der Waals surface area contributed by atoms with E-state index in [9.17, 15) is 4.79 Å².